The minimum Gasteiger partial charge on any atom is -0.496 e. The van der Waals surface area contributed by atoms with E-state index in [2.05, 4.69) is 12.6 Å². The summed E-state index contributed by atoms with van der Waals surface area (Å²) in [5, 5.41) is -0.304. The van der Waals surface area contributed by atoms with E-state index in [1.54, 1.807) is 26.4 Å². The molecule has 0 spiro atoms. The van der Waals surface area contributed by atoms with Crippen LogP contribution in [-0.4, -0.2) is 19.3 Å². The first-order chi connectivity index (χ1) is 6.60. The average Bonchev–Trinajstić information content (AvgIpc) is 2.17. The van der Waals surface area contributed by atoms with Crippen LogP contribution in [0.2, 0.25) is 0 Å². The summed E-state index contributed by atoms with van der Waals surface area (Å²) in [6.07, 6.45) is 0. The van der Waals surface area contributed by atoms with Crippen LogP contribution in [0.15, 0.2) is 12.1 Å². The van der Waals surface area contributed by atoms with Gasteiger partial charge in [-0.1, -0.05) is 0 Å². The topological polar surface area (TPSA) is 35.5 Å². The van der Waals surface area contributed by atoms with Gasteiger partial charge in [0.2, 0.25) is 5.12 Å². The zero-order valence-electron chi connectivity index (χ0n) is 8.33. The van der Waals surface area contributed by atoms with Crippen molar-refractivity contribution in [1.29, 1.82) is 0 Å². The van der Waals surface area contributed by atoms with Crippen LogP contribution in [0.1, 0.15) is 15.9 Å². The molecule has 0 saturated carbocycles. The molecule has 4 heteroatoms. The SMILES string of the molecule is COc1cc(C(=O)S)cc(OC)c1C. The van der Waals surface area contributed by atoms with Crippen LogP contribution in [0.3, 0.4) is 0 Å². The molecule has 1 aromatic rings. The summed E-state index contributed by atoms with van der Waals surface area (Å²) in [5.74, 6) is 1.25. The lowest BCUT2D eigenvalue weighted by Crippen LogP contribution is -1.97. The van der Waals surface area contributed by atoms with E-state index in [0.717, 1.165) is 5.56 Å². The van der Waals surface area contributed by atoms with Crippen molar-refractivity contribution in [2.45, 2.75) is 6.92 Å². The highest BCUT2D eigenvalue weighted by molar-refractivity contribution is 7.97. The monoisotopic (exact) mass is 212 g/mol. The van der Waals surface area contributed by atoms with E-state index < -0.39 is 0 Å². The summed E-state index contributed by atoms with van der Waals surface area (Å²) in [5.41, 5.74) is 1.33. The summed E-state index contributed by atoms with van der Waals surface area (Å²) >= 11 is 3.74. The second-order valence-electron chi connectivity index (χ2n) is 2.81. The van der Waals surface area contributed by atoms with Crippen LogP contribution in [-0.2, 0) is 0 Å². The van der Waals surface area contributed by atoms with Gasteiger partial charge in [-0.3, -0.25) is 4.79 Å². The van der Waals surface area contributed by atoms with E-state index in [1.807, 2.05) is 6.92 Å². The van der Waals surface area contributed by atoms with Crippen molar-refractivity contribution in [1.82, 2.24) is 0 Å². The first-order valence-corrected chi connectivity index (χ1v) is 4.50. The maximum absolute atomic E-state index is 11.0. The summed E-state index contributed by atoms with van der Waals surface area (Å²) in [6.45, 7) is 1.87. The Bertz CT molecular complexity index is 335. The number of carbonyl (C=O) groups is 1. The Morgan fingerprint density at radius 1 is 1.21 bits per heavy atom. The van der Waals surface area contributed by atoms with E-state index in [1.165, 1.54) is 0 Å². The molecule has 0 amide bonds. The molecule has 1 aromatic carbocycles. The maximum Gasteiger partial charge on any atom is 0.216 e. The van der Waals surface area contributed by atoms with E-state index in [4.69, 9.17) is 9.47 Å². The Morgan fingerprint density at radius 3 is 1.93 bits per heavy atom. The van der Waals surface area contributed by atoms with E-state index in [9.17, 15) is 4.79 Å². The Balaban J connectivity index is 3.32. The van der Waals surface area contributed by atoms with Gasteiger partial charge in [0.1, 0.15) is 11.5 Å². The third-order valence-corrected chi connectivity index (χ3v) is 2.26. The normalized spacial score (nSPS) is 9.71. The van der Waals surface area contributed by atoms with Gasteiger partial charge in [0.05, 0.1) is 14.2 Å². The van der Waals surface area contributed by atoms with Crippen molar-refractivity contribution in [3.63, 3.8) is 0 Å². The molecule has 0 saturated heterocycles. The lowest BCUT2D eigenvalue weighted by Gasteiger charge is -2.10. The van der Waals surface area contributed by atoms with Crippen LogP contribution in [0.25, 0.3) is 0 Å². The lowest BCUT2D eigenvalue weighted by molar-refractivity contribution is 0.109. The molecule has 76 valence electrons. The third-order valence-electron chi connectivity index (χ3n) is 2.00. The highest BCUT2D eigenvalue weighted by Gasteiger charge is 2.10. The van der Waals surface area contributed by atoms with Gasteiger partial charge in [-0.2, -0.15) is 0 Å². The lowest BCUT2D eigenvalue weighted by atomic mass is 10.1. The van der Waals surface area contributed by atoms with Crippen molar-refractivity contribution in [3.05, 3.63) is 23.3 Å². The molecule has 0 unspecified atom stereocenters. The quantitative estimate of drug-likeness (QED) is 0.779. The molecule has 0 N–H and O–H groups in total. The minimum absolute atomic E-state index is 0.304. The summed E-state index contributed by atoms with van der Waals surface area (Å²) in [4.78, 5) is 11.0. The summed E-state index contributed by atoms with van der Waals surface area (Å²) in [6, 6.07) is 3.29. The molecule has 0 aliphatic heterocycles. The maximum atomic E-state index is 11.0. The fourth-order valence-electron chi connectivity index (χ4n) is 1.21. The largest absolute Gasteiger partial charge is 0.496 e. The summed E-state index contributed by atoms with van der Waals surface area (Å²) in [7, 11) is 3.10. The van der Waals surface area contributed by atoms with Gasteiger partial charge in [0.25, 0.3) is 0 Å². The summed E-state index contributed by atoms with van der Waals surface area (Å²) < 4.78 is 10.2. The van der Waals surface area contributed by atoms with Crippen molar-refractivity contribution in [2.24, 2.45) is 0 Å². The number of carbonyl (C=O) groups excluding carboxylic acids is 1. The number of hydrogen-bond acceptors (Lipinski definition) is 3. The van der Waals surface area contributed by atoms with Crippen molar-refractivity contribution in [2.75, 3.05) is 14.2 Å². The van der Waals surface area contributed by atoms with Gasteiger partial charge < -0.3 is 9.47 Å². The second-order valence-corrected chi connectivity index (χ2v) is 3.22. The van der Waals surface area contributed by atoms with Gasteiger partial charge in [-0.15, -0.1) is 12.6 Å². The number of methoxy groups -OCH3 is 2. The first-order valence-electron chi connectivity index (χ1n) is 4.06. The Hall–Kier alpha value is -1.16. The Morgan fingerprint density at radius 2 is 1.64 bits per heavy atom. The molecule has 14 heavy (non-hydrogen) atoms. The van der Waals surface area contributed by atoms with Crippen LogP contribution in [0, 0.1) is 6.92 Å². The Labute approximate surface area is 88.4 Å². The van der Waals surface area contributed by atoms with Crippen LogP contribution < -0.4 is 9.47 Å². The molecule has 0 fully saturated rings. The molecule has 0 radical (unpaired) electrons. The van der Waals surface area contributed by atoms with Gasteiger partial charge in [0.15, 0.2) is 0 Å². The zero-order valence-corrected chi connectivity index (χ0v) is 9.22. The van der Waals surface area contributed by atoms with Gasteiger partial charge in [-0.05, 0) is 19.1 Å². The highest BCUT2D eigenvalue weighted by Crippen LogP contribution is 2.29. The predicted molar refractivity (Wildman–Crippen MR) is 57.6 cm³/mol. The van der Waals surface area contributed by atoms with E-state index in [0.29, 0.717) is 17.1 Å². The second kappa shape index (κ2) is 4.37. The highest BCUT2D eigenvalue weighted by atomic mass is 32.1. The van der Waals surface area contributed by atoms with Gasteiger partial charge in [0, 0.05) is 11.1 Å². The van der Waals surface area contributed by atoms with Gasteiger partial charge in [-0.25, -0.2) is 0 Å². The van der Waals surface area contributed by atoms with E-state index >= 15 is 0 Å². The smallest absolute Gasteiger partial charge is 0.216 e. The third kappa shape index (κ3) is 2.01. The van der Waals surface area contributed by atoms with Gasteiger partial charge >= 0.3 is 0 Å². The van der Waals surface area contributed by atoms with Crippen molar-refractivity contribution in [3.8, 4) is 11.5 Å². The molecule has 0 heterocycles. The Kier molecular flexibility index (Phi) is 3.41. The predicted octanol–water partition coefficient (Wildman–Crippen LogP) is 2.08. The minimum atomic E-state index is -0.304. The average molecular weight is 212 g/mol. The molecule has 3 nitrogen and oxygen atoms in total. The fraction of sp³-hybridized carbons (Fsp3) is 0.300. The van der Waals surface area contributed by atoms with Crippen LogP contribution >= 0.6 is 12.6 Å². The number of ether oxygens (including phenoxy) is 2. The molecular weight excluding hydrogens is 200 g/mol. The van der Waals surface area contributed by atoms with Crippen LogP contribution in [0.4, 0.5) is 0 Å². The van der Waals surface area contributed by atoms with Crippen molar-refractivity contribution >= 4 is 17.7 Å². The van der Waals surface area contributed by atoms with Crippen LogP contribution in [0.5, 0.6) is 11.5 Å². The molecule has 0 aliphatic carbocycles. The fourth-order valence-corrected chi connectivity index (χ4v) is 1.34. The first kappa shape index (κ1) is 10.9. The van der Waals surface area contributed by atoms with Crippen molar-refractivity contribution < 1.29 is 14.3 Å². The number of benzene rings is 1. The molecule has 0 bridgehead atoms. The standard InChI is InChI=1S/C10H12O3S/c1-6-8(12-2)4-7(10(11)14)5-9(6)13-3/h4-5H,1-3H3,(H,11,14). The number of rotatable bonds is 3. The molecular formula is C10H12O3S. The molecule has 0 aliphatic rings. The number of hydrogen-bond donors (Lipinski definition) is 1. The number of thiol groups is 1. The van der Waals surface area contributed by atoms with E-state index in [-0.39, 0.29) is 5.12 Å². The molecule has 0 atom stereocenters. The zero-order chi connectivity index (χ0) is 10.7. The molecule has 1 rings (SSSR count). The molecule has 0 aromatic heterocycles.